The van der Waals surface area contributed by atoms with Gasteiger partial charge in [0.05, 0.1) is 13.3 Å². The normalized spacial score (nSPS) is 15.7. The SMILES string of the molecule is COc1ccc(C(=O)NC2(c3nc(-c4cnccn4)no3)CCCCC2)cc1F. The lowest BCUT2D eigenvalue weighted by atomic mass is 9.81. The predicted octanol–water partition coefficient (Wildman–Crippen LogP) is 3.26. The summed E-state index contributed by atoms with van der Waals surface area (Å²) in [6.45, 7) is 0. The molecular weight excluding hydrogens is 377 g/mol. The van der Waals surface area contributed by atoms with E-state index in [2.05, 4.69) is 25.4 Å². The summed E-state index contributed by atoms with van der Waals surface area (Å²) in [5.41, 5.74) is -0.127. The van der Waals surface area contributed by atoms with Crippen LogP contribution in [0, 0.1) is 5.82 Å². The highest BCUT2D eigenvalue weighted by atomic mass is 19.1. The first kappa shape index (κ1) is 19.0. The predicted molar refractivity (Wildman–Crippen MR) is 101 cm³/mol. The molecule has 4 rings (SSSR count). The van der Waals surface area contributed by atoms with Crippen molar-refractivity contribution in [3.63, 3.8) is 0 Å². The van der Waals surface area contributed by atoms with Gasteiger partial charge in [0.2, 0.25) is 5.82 Å². The van der Waals surface area contributed by atoms with E-state index in [1.54, 1.807) is 18.6 Å². The number of carbonyl (C=O) groups is 1. The monoisotopic (exact) mass is 397 g/mol. The fraction of sp³-hybridized carbons (Fsp3) is 0.350. The number of benzene rings is 1. The summed E-state index contributed by atoms with van der Waals surface area (Å²) in [6, 6.07) is 4.10. The molecular formula is C20H20FN5O3. The summed E-state index contributed by atoms with van der Waals surface area (Å²) in [4.78, 5) is 25.6. The van der Waals surface area contributed by atoms with Crippen LogP contribution in [0.4, 0.5) is 4.39 Å². The number of aromatic nitrogens is 4. The Bertz CT molecular complexity index is 1000. The largest absolute Gasteiger partial charge is 0.494 e. The second-order valence-electron chi connectivity index (χ2n) is 6.96. The van der Waals surface area contributed by atoms with Gasteiger partial charge in [-0.15, -0.1) is 0 Å². The number of nitrogens with zero attached hydrogens (tertiary/aromatic N) is 4. The van der Waals surface area contributed by atoms with Crippen molar-refractivity contribution in [2.45, 2.75) is 37.6 Å². The molecule has 0 spiro atoms. The summed E-state index contributed by atoms with van der Waals surface area (Å²) in [5.74, 6) is -0.296. The highest BCUT2D eigenvalue weighted by molar-refractivity contribution is 5.94. The quantitative estimate of drug-likeness (QED) is 0.705. The second-order valence-corrected chi connectivity index (χ2v) is 6.96. The Balaban J connectivity index is 1.63. The van der Waals surface area contributed by atoms with Crippen molar-refractivity contribution in [3.05, 3.63) is 54.1 Å². The number of carbonyl (C=O) groups excluding carboxylic acids is 1. The third-order valence-electron chi connectivity index (χ3n) is 5.10. The molecule has 1 aliphatic rings. The number of amides is 1. The van der Waals surface area contributed by atoms with Gasteiger partial charge in [-0.2, -0.15) is 4.98 Å². The molecule has 0 atom stereocenters. The lowest BCUT2D eigenvalue weighted by Gasteiger charge is -2.34. The number of hydrogen-bond acceptors (Lipinski definition) is 7. The minimum absolute atomic E-state index is 0.0828. The maximum absolute atomic E-state index is 14.0. The van der Waals surface area contributed by atoms with Crippen molar-refractivity contribution in [1.82, 2.24) is 25.4 Å². The molecule has 150 valence electrons. The first-order chi connectivity index (χ1) is 14.1. The molecule has 1 aliphatic carbocycles. The van der Waals surface area contributed by atoms with Crippen LogP contribution in [0.15, 0.2) is 41.3 Å². The Hall–Kier alpha value is -3.36. The highest BCUT2D eigenvalue weighted by Gasteiger charge is 2.41. The number of methoxy groups -OCH3 is 1. The van der Waals surface area contributed by atoms with Crippen LogP contribution in [0.1, 0.15) is 48.4 Å². The first-order valence-corrected chi connectivity index (χ1v) is 9.38. The number of rotatable bonds is 5. The molecule has 1 fully saturated rings. The van der Waals surface area contributed by atoms with E-state index in [0.29, 0.717) is 30.3 Å². The Labute approximate surface area is 166 Å². The van der Waals surface area contributed by atoms with Gasteiger partial charge in [0.1, 0.15) is 11.2 Å². The molecule has 1 saturated carbocycles. The first-order valence-electron chi connectivity index (χ1n) is 9.38. The van der Waals surface area contributed by atoms with Crippen molar-refractivity contribution < 1.29 is 18.4 Å². The molecule has 0 saturated heterocycles. The smallest absolute Gasteiger partial charge is 0.252 e. The van der Waals surface area contributed by atoms with Crippen molar-refractivity contribution in [2.24, 2.45) is 0 Å². The summed E-state index contributed by atoms with van der Waals surface area (Å²) < 4.78 is 24.5. The lowest BCUT2D eigenvalue weighted by molar-refractivity contribution is 0.0824. The van der Waals surface area contributed by atoms with Gasteiger partial charge in [-0.25, -0.2) is 9.37 Å². The van der Waals surface area contributed by atoms with E-state index in [-0.39, 0.29) is 11.3 Å². The zero-order valence-corrected chi connectivity index (χ0v) is 15.9. The third-order valence-corrected chi connectivity index (χ3v) is 5.10. The Morgan fingerprint density at radius 2 is 2.07 bits per heavy atom. The van der Waals surface area contributed by atoms with Crippen LogP contribution in [0.25, 0.3) is 11.5 Å². The minimum atomic E-state index is -0.806. The maximum Gasteiger partial charge on any atom is 0.252 e. The summed E-state index contributed by atoms with van der Waals surface area (Å²) in [6.07, 6.45) is 8.81. The van der Waals surface area contributed by atoms with Crippen molar-refractivity contribution >= 4 is 5.91 Å². The molecule has 9 heteroatoms. The topological polar surface area (TPSA) is 103 Å². The number of ether oxygens (including phenoxy) is 1. The molecule has 0 aliphatic heterocycles. The van der Waals surface area contributed by atoms with Gasteiger partial charge in [-0.1, -0.05) is 24.4 Å². The summed E-state index contributed by atoms with van der Waals surface area (Å²) >= 11 is 0. The molecule has 1 aromatic carbocycles. The van der Waals surface area contributed by atoms with Crippen molar-refractivity contribution in [3.8, 4) is 17.3 Å². The van der Waals surface area contributed by atoms with Crippen LogP contribution in [-0.4, -0.2) is 33.1 Å². The summed E-state index contributed by atoms with van der Waals surface area (Å²) in [5, 5.41) is 7.02. The number of halogens is 1. The average Bonchev–Trinajstić information content (AvgIpc) is 3.26. The van der Waals surface area contributed by atoms with E-state index in [4.69, 9.17) is 9.26 Å². The zero-order valence-electron chi connectivity index (χ0n) is 15.9. The Morgan fingerprint density at radius 1 is 1.24 bits per heavy atom. The Morgan fingerprint density at radius 3 is 2.76 bits per heavy atom. The molecule has 3 aromatic rings. The fourth-order valence-electron chi connectivity index (χ4n) is 3.58. The molecule has 0 radical (unpaired) electrons. The van der Waals surface area contributed by atoms with Crippen LogP contribution in [0.5, 0.6) is 5.75 Å². The van der Waals surface area contributed by atoms with Crippen LogP contribution in [-0.2, 0) is 5.54 Å². The van der Waals surface area contributed by atoms with Crippen molar-refractivity contribution in [2.75, 3.05) is 7.11 Å². The van der Waals surface area contributed by atoms with Gasteiger partial charge in [-0.05, 0) is 31.0 Å². The second kappa shape index (κ2) is 7.94. The molecule has 0 unspecified atom stereocenters. The van der Waals surface area contributed by atoms with E-state index in [9.17, 15) is 9.18 Å². The molecule has 1 N–H and O–H groups in total. The lowest BCUT2D eigenvalue weighted by Crippen LogP contribution is -2.47. The molecule has 29 heavy (non-hydrogen) atoms. The van der Waals surface area contributed by atoms with Gasteiger partial charge in [0, 0.05) is 18.0 Å². The van der Waals surface area contributed by atoms with E-state index >= 15 is 0 Å². The van der Waals surface area contributed by atoms with Gasteiger partial charge in [0.15, 0.2) is 11.6 Å². The van der Waals surface area contributed by atoms with Gasteiger partial charge < -0.3 is 14.6 Å². The highest BCUT2D eigenvalue weighted by Crippen LogP contribution is 2.37. The molecule has 0 bridgehead atoms. The van der Waals surface area contributed by atoms with Gasteiger partial charge in [-0.3, -0.25) is 9.78 Å². The van der Waals surface area contributed by atoms with Gasteiger partial charge in [0.25, 0.3) is 11.8 Å². The van der Waals surface area contributed by atoms with E-state index in [0.717, 1.165) is 25.3 Å². The standard InChI is InChI=1S/C20H20FN5O3/c1-28-16-6-5-13(11-14(16)21)18(27)25-20(7-3-2-4-8-20)19-24-17(26-29-19)15-12-22-9-10-23-15/h5-6,9-12H,2-4,7-8H2,1H3,(H,25,27). The molecule has 1 amide bonds. The van der Waals surface area contributed by atoms with Crippen LogP contribution in [0.3, 0.4) is 0 Å². The summed E-state index contributed by atoms with van der Waals surface area (Å²) in [7, 11) is 1.37. The van der Waals surface area contributed by atoms with Gasteiger partial charge >= 0.3 is 0 Å². The zero-order chi connectivity index (χ0) is 20.3. The van der Waals surface area contributed by atoms with Crippen molar-refractivity contribution in [1.29, 1.82) is 0 Å². The maximum atomic E-state index is 14.0. The third kappa shape index (κ3) is 3.80. The molecule has 2 aromatic heterocycles. The van der Waals surface area contributed by atoms with E-state index in [1.807, 2.05) is 0 Å². The fourth-order valence-corrected chi connectivity index (χ4v) is 3.58. The molecule has 8 nitrogen and oxygen atoms in total. The minimum Gasteiger partial charge on any atom is -0.494 e. The number of nitrogens with one attached hydrogen (secondary N) is 1. The van der Waals surface area contributed by atoms with E-state index in [1.165, 1.54) is 19.2 Å². The Kier molecular flexibility index (Phi) is 5.20. The van der Waals surface area contributed by atoms with Crippen LogP contribution in [0.2, 0.25) is 0 Å². The molecule has 2 heterocycles. The number of hydrogen-bond donors (Lipinski definition) is 1. The van der Waals surface area contributed by atoms with E-state index < -0.39 is 17.3 Å². The van der Waals surface area contributed by atoms with Crippen LogP contribution < -0.4 is 10.1 Å². The average molecular weight is 397 g/mol. The van der Waals surface area contributed by atoms with Crippen LogP contribution >= 0.6 is 0 Å².